The standard InChI is InChI=1S/C12H19N5O2S/c1-13-8-11-7-12(9-15-11)20(18,19)16-3-2-5-17-6-4-14-10-17/h4,6-7,9-10,13,15-16H,2-3,5,8H2,1H3. The molecule has 8 heteroatoms. The summed E-state index contributed by atoms with van der Waals surface area (Å²) in [6.45, 7) is 1.74. The molecule has 0 saturated heterocycles. The van der Waals surface area contributed by atoms with Crippen molar-refractivity contribution < 1.29 is 8.42 Å². The number of hydrogen-bond acceptors (Lipinski definition) is 4. The molecule has 20 heavy (non-hydrogen) atoms. The highest BCUT2D eigenvalue weighted by Crippen LogP contribution is 2.10. The Morgan fingerprint density at radius 2 is 2.30 bits per heavy atom. The third-order valence-electron chi connectivity index (χ3n) is 2.84. The number of rotatable bonds is 8. The van der Waals surface area contributed by atoms with Gasteiger partial charge in [-0.25, -0.2) is 18.1 Å². The Morgan fingerprint density at radius 1 is 1.45 bits per heavy atom. The molecule has 0 aromatic carbocycles. The van der Waals surface area contributed by atoms with Crippen molar-refractivity contribution in [3.05, 3.63) is 36.7 Å². The van der Waals surface area contributed by atoms with Crippen LogP contribution in [-0.4, -0.2) is 36.5 Å². The quantitative estimate of drug-likeness (QED) is 0.611. The van der Waals surface area contributed by atoms with Gasteiger partial charge in [0.2, 0.25) is 10.0 Å². The van der Waals surface area contributed by atoms with Crippen LogP contribution in [0, 0.1) is 0 Å². The first-order valence-electron chi connectivity index (χ1n) is 6.39. The highest BCUT2D eigenvalue weighted by molar-refractivity contribution is 7.89. The van der Waals surface area contributed by atoms with Crippen LogP contribution < -0.4 is 10.0 Å². The van der Waals surface area contributed by atoms with Gasteiger partial charge in [0.1, 0.15) is 0 Å². The number of hydrogen-bond donors (Lipinski definition) is 3. The predicted molar refractivity (Wildman–Crippen MR) is 75.6 cm³/mol. The molecule has 110 valence electrons. The van der Waals surface area contributed by atoms with Crippen molar-refractivity contribution in [2.45, 2.75) is 24.4 Å². The zero-order valence-electron chi connectivity index (χ0n) is 11.3. The second kappa shape index (κ2) is 6.69. The van der Waals surface area contributed by atoms with E-state index >= 15 is 0 Å². The molecule has 2 aromatic rings. The second-order valence-electron chi connectivity index (χ2n) is 4.44. The van der Waals surface area contributed by atoms with E-state index in [9.17, 15) is 8.42 Å². The van der Waals surface area contributed by atoms with Crippen molar-refractivity contribution in [1.82, 2.24) is 24.6 Å². The lowest BCUT2D eigenvalue weighted by atomic mass is 10.4. The molecule has 2 aromatic heterocycles. The van der Waals surface area contributed by atoms with Gasteiger partial charge in [0.25, 0.3) is 0 Å². The van der Waals surface area contributed by atoms with Gasteiger partial charge in [-0.05, 0) is 19.5 Å². The zero-order valence-corrected chi connectivity index (χ0v) is 12.2. The molecule has 0 aliphatic rings. The van der Waals surface area contributed by atoms with Crippen molar-refractivity contribution in [2.75, 3.05) is 13.6 Å². The van der Waals surface area contributed by atoms with Gasteiger partial charge in [-0.2, -0.15) is 0 Å². The van der Waals surface area contributed by atoms with E-state index in [1.165, 1.54) is 6.20 Å². The van der Waals surface area contributed by atoms with Crippen LogP contribution >= 0.6 is 0 Å². The van der Waals surface area contributed by atoms with Gasteiger partial charge in [0.15, 0.2) is 0 Å². The summed E-state index contributed by atoms with van der Waals surface area (Å²) in [5, 5.41) is 2.96. The lowest BCUT2D eigenvalue weighted by Gasteiger charge is -2.05. The van der Waals surface area contributed by atoms with Crippen LogP contribution in [0.3, 0.4) is 0 Å². The molecule has 0 atom stereocenters. The van der Waals surface area contributed by atoms with Gasteiger partial charge in [0.05, 0.1) is 11.2 Å². The Labute approximate surface area is 118 Å². The highest BCUT2D eigenvalue weighted by atomic mass is 32.2. The van der Waals surface area contributed by atoms with Crippen molar-refractivity contribution in [3.8, 4) is 0 Å². The molecule has 3 N–H and O–H groups in total. The maximum Gasteiger partial charge on any atom is 0.242 e. The Morgan fingerprint density at radius 3 is 3.00 bits per heavy atom. The fourth-order valence-corrected chi connectivity index (χ4v) is 2.93. The zero-order chi connectivity index (χ0) is 14.4. The van der Waals surface area contributed by atoms with Gasteiger partial charge >= 0.3 is 0 Å². The molecular formula is C12H19N5O2S. The molecule has 7 nitrogen and oxygen atoms in total. The first-order chi connectivity index (χ1) is 9.62. The fraction of sp³-hybridized carbons (Fsp3) is 0.417. The molecule has 0 bridgehead atoms. The van der Waals surface area contributed by atoms with E-state index in [2.05, 4.69) is 20.0 Å². The third kappa shape index (κ3) is 3.92. The monoisotopic (exact) mass is 297 g/mol. The minimum atomic E-state index is -3.43. The molecule has 0 spiro atoms. The summed E-state index contributed by atoms with van der Waals surface area (Å²) in [6.07, 6.45) is 7.48. The van der Waals surface area contributed by atoms with Gasteiger partial charge in [-0.3, -0.25) is 0 Å². The number of aryl methyl sites for hydroxylation is 1. The second-order valence-corrected chi connectivity index (χ2v) is 6.21. The van der Waals surface area contributed by atoms with Crippen LogP contribution in [0.4, 0.5) is 0 Å². The molecular weight excluding hydrogens is 278 g/mol. The number of aromatic amines is 1. The van der Waals surface area contributed by atoms with E-state index in [1.54, 1.807) is 18.6 Å². The van der Waals surface area contributed by atoms with Gasteiger partial charge in [0, 0.05) is 43.9 Å². The fourth-order valence-electron chi connectivity index (χ4n) is 1.84. The third-order valence-corrected chi connectivity index (χ3v) is 4.28. The lowest BCUT2D eigenvalue weighted by Crippen LogP contribution is -2.25. The SMILES string of the molecule is CNCc1cc(S(=O)(=O)NCCCn2ccnc2)c[nH]1. The summed E-state index contributed by atoms with van der Waals surface area (Å²) in [7, 11) is -1.62. The number of sulfonamides is 1. The van der Waals surface area contributed by atoms with E-state index in [-0.39, 0.29) is 4.90 Å². The minimum absolute atomic E-state index is 0.269. The lowest BCUT2D eigenvalue weighted by molar-refractivity contribution is 0.570. The average molecular weight is 297 g/mol. The molecule has 0 saturated carbocycles. The molecule has 2 heterocycles. The Hall–Kier alpha value is -1.64. The van der Waals surface area contributed by atoms with Crippen LogP contribution in [0.25, 0.3) is 0 Å². The topological polar surface area (TPSA) is 91.8 Å². The van der Waals surface area contributed by atoms with Crippen LogP contribution in [0.2, 0.25) is 0 Å². The Kier molecular flexibility index (Phi) is 4.94. The van der Waals surface area contributed by atoms with Gasteiger partial charge in [-0.1, -0.05) is 0 Å². The first kappa shape index (κ1) is 14.8. The molecule has 0 aliphatic carbocycles. The number of nitrogens with zero attached hydrogens (tertiary/aromatic N) is 2. The van der Waals surface area contributed by atoms with E-state index in [0.717, 1.165) is 12.2 Å². The maximum absolute atomic E-state index is 12.0. The summed E-state index contributed by atoms with van der Waals surface area (Å²) in [4.78, 5) is 7.13. The van der Waals surface area contributed by atoms with E-state index in [1.807, 2.05) is 17.8 Å². The largest absolute Gasteiger partial charge is 0.363 e. The van der Waals surface area contributed by atoms with Crippen molar-refractivity contribution in [2.24, 2.45) is 0 Å². The van der Waals surface area contributed by atoms with Gasteiger partial charge < -0.3 is 14.9 Å². The maximum atomic E-state index is 12.0. The normalized spacial score (nSPS) is 11.8. The molecule has 0 amide bonds. The summed E-state index contributed by atoms with van der Waals surface area (Å²) >= 11 is 0. The molecule has 2 rings (SSSR count). The Balaban J connectivity index is 1.83. The van der Waals surface area contributed by atoms with Crippen molar-refractivity contribution in [3.63, 3.8) is 0 Å². The summed E-state index contributed by atoms with van der Waals surface area (Å²) in [5.41, 5.74) is 0.839. The van der Waals surface area contributed by atoms with E-state index in [4.69, 9.17) is 0 Å². The molecule has 0 unspecified atom stereocenters. The predicted octanol–water partition coefficient (Wildman–Crippen LogP) is 0.299. The minimum Gasteiger partial charge on any atom is -0.363 e. The van der Waals surface area contributed by atoms with Crippen LogP contribution in [0.15, 0.2) is 35.9 Å². The van der Waals surface area contributed by atoms with Crippen LogP contribution in [0.5, 0.6) is 0 Å². The average Bonchev–Trinajstić information content (AvgIpc) is 3.06. The molecule has 0 aliphatic heterocycles. The van der Waals surface area contributed by atoms with Crippen LogP contribution in [0.1, 0.15) is 12.1 Å². The summed E-state index contributed by atoms with van der Waals surface area (Å²) < 4.78 is 28.6. The van der Waals surface area contributed by atoms with Gasteiger partial charge in [-0.15, -0.1) is 0 Å². The number of imidazole rings is 1. The number of aromatic nitrogens is 3. The summed E-state index contributed by atoms with van der Waals surface area (Å²) in [5.74, 6) is 0. The van der Waals surface area contributed by atoms with Crippen LogP contribution in [-0.2, 0) is 23.1 Å². The number of nitrogens with one attached hydrogen (secondary N) is 3. The smallest absolute Gasteiger partial charge is 0.242 e. The Bertz CT molecular complexity index is 618. The molecule has 0 radical (unpaired) electrons. The molecule has 0 fully saturated rings. The highest BCUT2D eigenvalue weighted by Gasteiger charge is 2.14. The van der Waals surface area contributed by atoms with Crippen molar-refractivity contribution >= 4 is 10.0 Å². The number of H-pyrrole nitrogens is 1. The first-order valence-corrected chi connectivity index (χ1v) is 7.87. The van der Waals surface area contributed by atoms with Crippen molar-refractivity contribution in [1.29, 1.82) is 0 Å². The summed E-state index contributed by atoms with van der Waals surface area (Å²) in [6, 6.07) is 1.63. The van der Waals surface area contributed by atoms with E-state index in [0.29, 0.717) is 19.5 Å². The van der Waals surface area contributed by atoms with E-state index < -0.39 is 10.0 Å².